The zero-order valence-electron chi connectivity index (χ0n) is 5.85. The summed E-state index contributed by atoms with van der Waals surface area (Å²) in [6.45, 7) is 0. The van der Waals surface area contributed by atoms with Gasteiger partial charge >= 0.3 is 0 Å². The van der Waals surface area contributed by atoms with Gasteiger partial charge in [0, 0.05) is 18.5 Å². The van der Waals surface area contributed by atoms with Crippen molar-refractivity contribution in [1.29, 1.82) is 0 Å². The zero-order chi connectivity index (χ0) is 8.48. The molecule has 1 aromatic heterocycles. The van der Waals surface area contributed by atoms with Crippen molar-refractivity contribution in [2.75, 3.05) is 6.26 Å². The summed E-state index contributed by atoms with van der Waals surface area (Å²) in [6.07, 6.45) is 2.20. The van der Waals surface area contributed by atoms with Crippen LogP contribution in [0.2, 0.25) is 0 Å². The van der Waals surface area contributed by atoms with Gasteiger partial charge in [-0.2, -0.15) is 0 Å². The predicted molar refractivity (Wildman–Crippen MR) is 39.0 cm³/mol. The lowest BCUT2D eigenvalue weighted by Gasteiger charge is -1.95. The Morgan fingerprint density at radius 2 is 2.09 bits per heavy atom. The molecule has 0 aromatic carbocycles. The molecule has 0 unspecified atom stereocenters. The van der Waals surface area contributed by atoms with Crippen LogP contribution in [0, 0.1) is 0 Å². The molecule has 0 amide bonds. The number of nitrogens with zero attached hydrogens (tertiary/aromatic N) is 1. The van der Waals surface area contributed by atoms with E-state index in [4.69, 9.17) is 5.11 Å². The average molecular weight is 173 g/mol. The third-order valence-electron chi connectivity index (χ3n) is 1.15. The van der Waals surface area contributed by atoms with Crippen LogP contribution in [0.25, 0.3) is 0 Å². The van der Waals surface area contributed by atoms with Crippen LogP contribution in [0.5, 0.6) is 5.88 Å². The van der Waals surface area contributed by atoms with E-state index in [2.05, 4.69) is 4.98 Å². The molecule has 0 aliphatic carbocycles. The van der Waals surface area contributed by atoms with Crippen molar-refractivity contribution in [3.05, 3.63) is 18.3 Å². The molecule has 1 rings (SSSR count). The summed E-state index contributed by atoms with van der Waals surface area (Å²) in [5.74, 6) is -0.183. The summed E-state index contributed by atoms with van der Waals surface area (Å²) < 4.78 is 21.6. The van der Waals surface area contributed by atoms with Crippen LogP contribution < -0.4 is 0 Å². The quantitative estimate of drug-likeness (QED) is 0.658. The second kappa shape index (κ2) is 2.50. The first-order valence-electron chi connectivity index (χ1n) is 2.85. The minimum absolute atomic E-state index is 0.107. The van der Waals surface area contributed by atoms with E-state index in [9.17, 15) is 8.42 Å². The minimum Gasteiger partial charge on any atom is -0.493 e. The van der Waals surface area contributed by atoms with Gasteiger partial charge in [-0.05, 0) is 6.07 Å². The lowest BCUT2D eigenvalue weighted by molar-refractivity contribution is 0.452. The van der Waals surface area contributed by atoms with E-state index < -0.39 is 9.84 Å². The van der Waals surface area contributed by atoms with Crippen LogP contribution in [0.15, 0.2) is 23.2 Å². The number of hydrogen-bond donors (Lipinski definition) is 1. The highest BCUT2D eigenvalue weighted by molar-refractivity contribution is 7.90. The molecule has 11 heavy (non-hydrogen) atoms. The molecule has 4 nitrogen and oxygen atoms in total. The monoisotopic (exact) mass is 173 g/mol. The van der Waals surface area contributed by atoms with Gasteiger partial charge in [0.1, 0.15) is 0 Å². The lowest BCUT2D eigenvalue weighted by atomic mass is 10.5. The first-order valence-corrected chi connectivity index (χ1v) is 4.74. The summed E-state index contributed by atoms with van der Waals surface area (Å²) in [5.41, 5.74) is 0. The maximum Gasteiger partial charge on any atom is 0.210 e. The number of rotatable bonds is 1. The highest BCUT2D eigenvalue weighted by Gasteiger charge is 2.05. The highest BCUT2D eigenvalue weighted by Crippen LogP contribution is 2.09. The number of aromatic nitrogens is 1. The third kappa shape index (κ3) is 1.91. The molecule has 0 bridgehead atoms. The smallest absolute Gasteiger partial charge is 0.210 e. The third-order valence-corrected chi connectivity index (χ3v) is 2.25. The molecule has 1 N–H and O–H groups in total. The predicted octanol–water partition coefficient (Wildman–Crippen LogP) is 0.191. The largest absolute Gasteiger partial charge is 0.493 e. The molecule has 0 spiro atoms. The Morgan fingerprint density at radius 1 is 1.45 bits per heavy atom. The van der Waals surface area contributed by atoms with Crippen LogP contribution in [0.3, 0.4) is 0 Å². The van der Waals surface area contributed by atoms with Crippen LogP contribution in [0.4, 0.5) is 0 Å². The van der Waals surface area contributed by atoms with Crippen molar-refractivity contribution in [3.63, 3.8) is 0 Å². The van der Waals surface area contributed by atoms with Gasteiger partial charge in [-0.1, -0.05) is 0 Å². The molecule has 5 heteroatoms. The van der Waals surface area contributed by atoms with Crippen LogP contribution in [-0.2, 0) is 9.84 Å². The Morgan fingerprint density at radius 3 is 2.45 bits per heavy atom. The molecule has 0 aliphatic heterocycles. The van der Waals surface area contributed by atoms with Gasteiger partial charge in [0.15, 0.2) is 9.84 Å². The van der Waals surface area contributed by atoms with Crippen molar-refractivity contribution in [3.8, 4) is 5.88 Å². The van der Waals surface area contributed by atoms with Crippen molar-refractivity contribution in [2.24, 2.45) is 0 Å². The van der Waals surface area contributed by atoms with Crippen LogP contribution in [0.1, 0.15) is 0 Å². The Bertz CT molecular complexity index is 341. The molecular weight excluding hydrogens is 166 g/mol. The lowest BCUT2D eigenvalue weighted by Crippen LogP contribution is -1.96. The maximum absolute atomic E-state index is 10.8. The molecule has 0 aliphatic rings. The molecule has 0 atom stereocenters. The van der Waals surface area contributed by atoms with Crippen molar-refractivity contribution < 1.29 is 13.5 Å². The standard InChI is InChI=1S/C6H7NO3S/c1-11(9,10)5-2-3-6(8)7-4-5/h2-4H,1H3,(H,7,8). The summed E-state index contributed by atoms with van der Waals surface area (Å²) in [6, 6.07) is 2.54. The average Bonchev–Trinajstić information content (AvgIpc) is 1.86. The fraction of sp³-hybridized carbons (Fsp3) is 0.167. The van der Waals surface area contributed by atoms with Crippen molar-refractivity contribution in [2.45, 2.75) is 4.90 Å². The van der Waals surface area contributed by atoms with Crippen LogP contribution in [-0.4, -0.2) is 24.8 Å². The number of sulfone groups is 1. The number of aromatic hydroxyl groups is 1. The fourth-order valence-corrected chi connectivity index (χ4v) is 1.15. The summed E-state index contributed by atoms with van der Waals surface area (Å²) >= 11 is 0. The molecule has 0 radical (unpaired) electrons. The van der Waals surface area contributed by atoms with E-state index in [1.54, 1.807) is 0 Å². The first-order chi connectivity index (χ1) is 5.00. The zero-order valence-corrected chi connectivity index (χ0v) is 6.67. The SMILES string of the molecule is CS(=O)(=O)c1ccc(O)nc1. The maximum atomic E-state index is 10.8. The summed E-state index contributed by atoms with van der Waals surface area (Å²) in [4.78, 5) is 3.53. The first kappa shape index (κ1) is 8.00. The number of pyridine rings is 1. The fourth-order valence-electron chi connectivity index (χ4n) is 0.592. The Kier molecular flexibility index (Phi) is 1.82. The van der Waals surface area contributed by atoms with E-state index >= 15 is 0 Å². The second-order valence-corrected chi connectivity index (χ2v) is 4.14. The van der Waals surface area contributed by atoms with E-state index in [1.807, 2.05) is 0 Å². The Labute approximate surface area is 64.4 Å². The van der Waals surface area contributed by atoms with Gasteiger partial charge in [-0.15, -0.1) is 0 Å². The molecule has 1 heterocycles. The van der Waals surface area contributed by atoms with E-state index in [0.29, 0.717) is 0 Å². The summed E-state index contributed by atoms with van der Waals surface area (Å²) in [7, 11) is -3.19. The van der Waals surface area contributed by atoms with Gasteiger partial charge in [-0.25, -0.2) is 13.4 Å². The van der Waals surface area contributed by atoms with E-state index in [0.717, 1.165) is 12.5 Å². The molecule has 60 valence electrons. The molecule has 1 aromatic rings. The molecule has 0 saturated carbocycles. The Balaban J connectivity index is 3.20. The highest BCUT2D eigenvalue weighted by atomic mass is 32.2. The van der Waals surface area contributed by atoms with Gasteiger partial charge in [0.2, 0.25) is 5.88 Å². The van der Waals surface area contributed by atoms with Gasteiger partial charge in [0.25, 0.3) is 0 Å². The topological polar surface area (TPSA) is 67.3 Å². The van der Waals surface area contributed by atoms with Crippen LogP contribution >= 0.6 is 0 Å². The molecule has 0 fully saturated rings. The van der Waals surface area contributed by atoms with Crippen molar-refractivity contribution >= 4 is 9.84 Å². The normalized spacial score (nSPS) is 11.4. The van der Waals surface area contributed by atoms with Gasteiger partial charge in [-0.3, -0.25) is 0 Å². The summed E-state index contributed by atoms with van der Waals surface area (Å²) in [5, 5.41) is 8.72. The van der Waals surface area contributed by atoms with Gasteiger partial charge in [0.05, 0.1) is 4.90 Å². The molecular formula is C6H7NO3S. The van der Waals surface area contributed by atoms with E-state index in [1.165, 1.54) is 12.1 Å². The number of hydrogen-bond acceptors (Lipinski definition) is 4. The second-order valence-electron chi connectivity index (χ2n) is 2.12. The van der Waals surface area contributed by atoms with Crippen molar-refractivity contribution in [1.82, 2.24) is 4.98 Å². The van der Waals surface area contributed by atoms with Gasteiger partial charge < -0.3 is 5.11 Å². The molecule has 0 saturated heterocycles. The van der Waals surface area contributed by atoms with E-state index in [-0.39, 0.29) is 10.8 Å². The Hall–Kier alpha value is -1.10. The minimum atomic E-state index is -3.19.